The highest BCUT2D eigenvalue weighted by Gasteiger charge is 2.08. The quantitative estimate of drug-likeness (QED) is 0.787. The number of ether oxygens (including phenoxy) is 1. The average molecular weight is 308 g/mol. The smallest absolute Gasteiger partial charge is 0.257 e. The van der Waals surface area contributed by atoms with E-state index in [1.54, 1.807) is 0 Å². The molecule has 1 aliphatic heterocycles. The maximum absolute atomic E-state index is 12.7. The molecule has 1 aromatic carbocycles. The molecular formula is C17H25FN2O2. The number of benzene rings is 1. The van der Waals surface area contributed by atoms with Crippen LogP contribution >= 0.6 is 0 Å². The van der Waals surface area contributed by atoms with Crippen molar-refractivity contribution in [2.75, 3.05) is 32.8 Å². The molecule has 5 heteroatoms. The number of hydrogen-bond donors (Lipinski definition) is 1. The first-order chi connectivity index (χ1) is 10.7. The van der Waals surface area contributed by atoms with Crippen molar-refractivity contribution >= 4 is 5.91 Å². The highest BCUT2D eigenvalue weighted by Crippen LogP contribution is 2.11. The van der Waals surface area contributed by atoms with E-state index in [9.17, 15) is 9.18 Å². The lowest BCUT2D eigenvalue weighted by molar-refractivity contribution is -0.123. The van der Waals surface area contributed by atoms with Crippen molar-refractivity contribution in [3.8, 4) is 5.75 Å². The van der Waals surface area contributed by atoms with Crippen LogP contribution in [0.1, 0.15) is 32.1 Å². The van der Waals surface area contributed by atoms with Crippen LogP contribution in [0.5, 0.6) is 5.75 Å². The van der Waals surface area contributed by atoms with E-state index >= 15 is 0 Å². The van der Waals surface area contributed by atoms with Crippen molar-refractivity contribution in [2.24, 2.45) is 0 Å². The van der Waals surface area contributed by atoms with Gasteiger partial charge in [0.25, 0.3) is 5.91 Å². The molecule has 122 valence electrons. The molecule has 1 saturated heterocycles. The maximum Gasteiger partial charge on any atom is 0.257 e. The van der Waals surface area contributed by atoms with Gasteiger partial charge in [0, 0.05) is 6.54 Å². The van der Waals surface area contributed by atoms with Crippen molar-refractivity contribution in [1.82, 2.24) is 10.2 Å². The van der Waals surface area contributed by atoms with Gasteiger partial charge in [-0.05, 0) is 63.2 Å². The van der Waals surface area contributed by atoms with Crippen LogP contribution in [0.2, 0.25) is 0 Å². The molecule has 0 atom stereocenters. The summed E-state index contributed by atoms with van der Waals surface area (Å²) in [7, 11) is 0. The zero-order valence-electron chi connectivity index (χ0n) is 13.0. The van der Waals surface area contributed by atoms with Crippen LogP contribution in [0.25, 0.3) is 0 Å². The summed E-state index contributed by atoms with van der Waals surface area (Å²) in [6, 6.07) is 5.66. The zero-order chi connectivity index (χ0) is 15.6. The highest BCUT2D eigenvalue weighted by molar-refractivity contribution is 5.77. The Hall–Kier alpha value is -1.62. The third-order valence-corrected chi connectivity index (χ3v) is 3.86. The summed E-state index contributed by atoms with van der Waals surface area (Å²) >= 11 is 0. The predicted octanol–water partition coefficient (Wildman–Crippen LogP) is 2.59. The van der Waals surface area contributed by atoms with Crippen LogP contribution in [0, 0.1) is 5.82 Å². The number of rotatable bonds is 7. The molecule has 22 heavy (non-hydrogen) atoms. The Morgan fingerprint density at radius 1 is 1.14 bits per heavy atom. The number of halogens is 1. The van der Waals surface area contributed by atoms with Gasteiger partial charge >= 0.3 is 0 Å². The summed E-state index contributed by atoms with van der Waals surface area (Å²) in [6.45, 7) is 4.04. The van der Waals surface area contributed by atoms with E-state index in [2.05, 4.69) is 10.2 Å². The number of amides is 1. The third kappa shape index (κ3) is 6.43. The van der Waals surface area contributed by atoms with Crippen LogP contribution in [0.15, 0.2) is 24.3 Å². The fourth-order valence-corrected chi connectivity index (χ4v) is 2.62. The van der Waals surface area contributed by atoms with E-state index in [1.165, 1.54) is 63.0 Å². The summed E-state index contributed by atoms with van der Waals surface area (Å²) < 4.78 is 18.0. The van der Waals surface area contributed by atoms with E-state index in [-0.39, 0.29) is 18.3 Å². The number of nitrogens with zero attached hydrogens (tertiary/aromatic N) is 1. The molecule has 2 rings (SSSR count). The Kier molecular flexibility index (Phi) is 7.16. The first-order valence-corrected chi connectivity index (χ1v) is 8.11. The summed E-state index contributed by atoms with van der Waals surface area (Å²) in [6.07, 6.45) is 6.22. The van der Waals surface area contributed by atoms with Crippen LogP contribution in [-0.4, -0.2) is 43.6 Å². The Bertz CT molecular complexity index is 442. The first-order valence-electron chi connectivity index (χ1n) is 8.11. The number of hydrogen-bond acceptors (Lipinski definition) is 3. The molecule has 0 unspecified atom stereocenters. The monoisotopic (exact) mass is 308 g/mol. The van der Waals surface area contributed by atoms with Gasteiger partial charge in [-0.25, -0.2) is 4.39 Å². The SMILES string of the molecule is O=C(COc1ccc(F)cc1)NCCCN1CCCCCC1. The molecular weight excluding hydrogens is 283 g/mol. The Labute approximate surface area is 131 Å². The Morgan fingerprint density at radius 3 is 2.50 bits per heavy atom. The molecule has 1 fully saturated rings. The second-order valence-corrected chi connectivity index (χ2v) is 5.70. The van der Waals surface area contributed by atoms with Crippen molar-refractivity contribution < 1.29 is 13.9 Å². The minimum absolute atomic E-state index is 0.0324. The van der Waals surface area contributed by atoms with E-state index < -0.39 is 0 Å². The molecule has 0 saturated carbocycles. The van der Waals surface area contributed by atoms with Gasteiger partial charge in [0.05, 0.1) is 0 Å². The van der Waals surface area contributed by atoms with Crippen molar-refractivity contribution in [2.45, 2.75) is 32.1 Å². The molecule has 1 amide bonds. The maximum atomic E-state index is 12.7. The highest BCUT2D eigenvalue weighted by atomic mass is 19.1. The van der Waals surface area contributed by atoms with Gasteiger partial charge in [-0.15, -0.1) is 0 Å². The topological polar surface area (TPSA) is 41.6 Å². The fourth-order valence-electron chi connectivity index (χ4n) is 2.62. The average Bonchev–Trinajstić information content (AvgIpc) is 2.80. The van der Waals surface area contributed by atoms with Gasteiger partial charge in [-0.3, -0.25) is 4.79 Å². The number of nitrogens with one attached hydrogen (secondary N) is 1. The van der Waals surface area contributed by atoms with E-state index in [4.69, 9.17) is 4.74 Å². The lowest BCUT2D eigenvalue weighted by Crippen LogP contribution is -2.33. The molecule has 0 aliphatic carbocycles. The molecule has 1 heterocycles. The number of carbonyl (C=O) groups is 1. The number of carbonyl (C=O) groups excluding carboxylic acids is 1. The van der Waals surface area contributed by atoms with Gasteiger partial charge in [0.15, 0.2) is 6.61 Å². The standard InChI is InChI=1S/C17H25FN2O2/c18-15-6-8-16(9-7-15)22-14-17(21)19-10-5-13-20-11-3-1-2-4-12-20/h6-9H,1-5,10-14H2,(H,19,21). The number of likely N-dealkylation sites (tertiary alicyclic amines) is 1. The van der Waals surface area contributed by atoms with Crippen molar-refractivity contribution in [1.29, 1.82) is 0 Å². The molecule has 1 aliphatic rings. The Balaban J connectivity index is 1.54. The van der Waals surface area contributed by atoms with Crippen molar-refractivity contribution in [3.63, 3.8) is 0 Å². The summed E-state index contributed by atoms with van der Waals surface area (Å²) in [4.78, 5) is 14.1. The molecule has 0 aromatic heterocycles. The van der Waals surface area contributed by atoms with Crippen LogP contribution in [-0.2, 0) is 4.79 Å². The third-order valence-electron chi connectivity index (χ3n) is 3.86. The molecule has 4 nitrogen and oxygen atoms in total. The van der Waals surface area contributed by atoms with Gasteiger partial charge < -0.3 is 15.0 Å². The van der Waals surface area contributed by atoms with Crippen LogP contribution < -0.4 is 10.1 Å². The first kappa shape index (κ1) is 16.7. The van der Waals surface area contributed by atoms with Gasteiger partial charge in [0.1, 0.15) is 11.6 Å². The second kappa shape index (κ2) is 9.41. The molecule has 0 bridgehead atoms. The Morgan fingerprint density at radius 2 is 1.82 bits per heavy atom. The van der Waals surface area contributed by atoms with E-state index in [0.717, 1.165) is 13.0 Å². The molecule has 1 aromatic rings. The van der Waals surface area contributed by atoms with Crippen molar-refractivity contribution in [3.05, 3.63) is 30.1 Å². The lowest BCUT2D eigenvalue weighted by atomic mass is 10.2. The minimum atomic E-state index is -0.315. The van der Waals surface area contributed by atoms with Gasteiger partial charge in [-0.2, -0.15) is 0 Å². The largest absolute Gasteiger partial charge is 0.484 e. The summed E-state index contributed by atoms with van der Waals surface area (Å²) in [5, 5.41) is 2.85. The van der Waals surface area contributed by atoms with E-state index in [0.29, 0.717) is 12.3 Å². The fraction of sp³-hybridized carbons (Fsp3) is 0.588. The normalized spacial score (nSPS) is 16.0. The van der Waals surface area contributed by atoms with Crippen LogP contribution in [0.3, 0.4) is 0 Å². The summed E-state index contributed by atoms with van der Waals surface area (Å²) in [5.41, 5.74) is 0. The molecule has 1 N–H and O–H groups in total. The second-order valence-electron chi connectivity index (χ2n) is 5.70. The molecule has 0 radical (unpaired) electrons. The lowest BCUT2D eigenvalue weighted by Gasteiger charge is -2.19. The van der Waals surface area contributed by atoms with Gasteiger partial charge in [0.2, 0.25) is 0 Å². The zero-order valence-corrected chi connectivity index (χ0v) is 13.0. The summed E-state index contributed by atoms with van der Waals surface area (Å²) in [5.74, 6) is 0.0478. The van der Waals surface area contributed by atoms with E-state index in [1.807, 2.05) is 0 Å². The van der Waals surface area contributed by atoms with Gasteiger partial charge in [-0.1, -0.05) is 12.8 Å². The van der Waals surface area contributed by atoms with Crippen LogP contribution in [0.4, 0.5) is 4.39 Å². The predicted molar refractivity (Wildman–Crippen MR) is 84.4 cm³/mol. The molecule has 0 spiro atoms. The minimum Gasteiger partial charge on any atom is -0.484 e.